The summed E-state index contributed by atoms with van der Waals surface area (Å²) in [5.41, 5.74) is 3.81. The van der Waals surface area contributed by atoms with E-state index in [0.717, 1.165) is 22.3 Å². The summed E-state index contributed by atoms with van der Waals surface area (Å²) in [4.78, 5) is 25.1. The molecule has 47 heavy (non-hydrogen) atoms. The molecule has 0 aromatic heterocycles. The number of benzene rings is 4. The molecule has 2 heterocycles. The Labute approximate surface area is 276 Å². The fraction of sp³-hybridized carbons (Fsp3) is 0.316. The molecular formula is C38H44N2O7. The Kier molecular flexibility index (Phi) is 13.7. The van der Waals surface area contributed by atoms with Crippen LogP contribution in [0, 0.1) is 0 Å². The summed E-state index contributed by atoms with van der Waals surface area (Å²) < 4.78 is 15.6. The minimum atomic E-state index is -0.691. The Hall–Kier alpha value is -4.38. The average Bonchev–Trinajstić information content (AvgIpc) is 4.05. The summed E-state index contributed by atoms with van der Waals surface area (Å²) in [5.74, 6) is -0.356. The van der Waals surface area contributed by atoms with Gasteiger partial charge in [0.15, 0.2) is 12.2 Å². The minimum absolute atomic E-state index is 0.0937. The van der Waals surface area contributed by atoms with Gasteiger partial charge >= 0.3 is 5.97 Å². The van der Waals surface area contributed by atoms with E-state index in [4.69, 9.17) is 14.2 Å². The average molecular weight is 641 g/mol. The molecule has 0 radical (unpaired) electrons. The van der Waals surface area contributed by atoms with Crippen LogP contribution in [0.2, 0.25) is 0 Å². The first kappa shape index (κ1) is 35.5. The van der Waals surface area contributed by atoms with E-state index in [0.29, 0.717) is 13.2 Å². The predicted octanol–water partition coefficient (Wildman–Crippen LogP) is 4.95. The molecule has 4 aromatic rings. The number of rotatable bonds is 11. The maximum Gasteiger partial charge on any atom is 0.338 e. The Morgan fingerprint density at radius 1 is 0.723 bits per heavy atom. The van der Waals surface area contributed by atoms with Gasteiger partial charge in [0, 0.05) is 13.6 Å². The maximum absolute atomic E-state index is 12.3. The van der Waals surface area contributed by atoms with Gasteiger partial charge in [0.1, 0.15) is 12.2 Å². The van der Waals surface area contributed by atoms with Gasteiger partial charge in [0.25, 0.3) is 5.91 Å². The van der Waals surface area contributed by atoms with Crippen LogP contribution in [-0.4, -0.2) is 73.0 Å². The number of ether oxygens (including phenoxy) is 3. The van der Waals surface area contributed by atoms with Crippen molar-refractivity contribution in [2.75, 3.05) is 33.8 Å². The zero-order valence-corrected chi connectivity index (χ0v) is 27.0. The van der Waals surface area contributed by atoms with Crippen molar-refractivity contribution in [2.24, 2.45) is 0 Å². The van der Waals surface area contributed by atoms with Gasteiger partial charge in [-0.3, -0.25) is 4.79 Å². The number of nitrogens with zero attached hydrogens (tertiary/aromatic N) is 1. The number of amides is 1. The lowest BCUT2D eigenvalue weighted by Gasteiger charge is -2.20. The number of carbonyl (C=O) groups excluding carboxylic acids is 2. The number of epoxide rings is 2. The third-order valence-electron chi connectivity index (χ3n) is 7.59. The first-order valence-corrected chi connectivity index (χ1v) is 15.8. The lowest BCUT2D eigenvalue weighted by atomic mass is 10.1. The maximum atomic E-state index is 12.3. The van der Waals surface area contributed by atoms with E-state index in [1.807, 2.05) is 128 Å². The molecule has 9 nitrogen and oxygen atoms in total. The topological polar surface area (TPSA) is 124 Å². The van der Waals surface area contributed by atoms with Crippen LogP contribution in [0.1, 0.15) is 53.6 Å². The van der Waals surface area contributed by atoms with Crippen LogP contribution < -0.4 is 5.32 Å². The van der Waals surface area contributed by atoms with Gasteiger partial charge in [0.2, 0.25) is 0 Å². The largest absolute Gasteiger partial charge is 0.464 e. The summed E-state index contributed by atoms with van der Waals surface area (Å²) in [6.45, 7) is 3.05. The molecule has 0 spiro atoms. The number of hydrogen-bond acceptors (Lipinski definition) is 8. The minimum Gasteiger partial charge on any atom is -0.464 e. The molecule has 4 aromatic carbocycles. The van der Waals surface area contributed by atoms with Gasteiger partial charge in [-0.15, -0.1) is 0 Å². The number of aliphatic hydroxyl groups is 2. The Balaban J connectivity index is 0.000000172. The van der Waals surface area contributed by atoms with Crippen LogP contribution in [0.15, 0.2) is 121 Å². The van der Waals surface area contributed by atoms with E-state index < -0.39 is 18.3 Å². The number of likely N-dealkylation sites (N-methyl/N-ethyl adjacent to an activating group) is 2. The smallest absolute Gasteiger partial charge is 0.338 e. The second kappa shape index (κ2) is 18.1. The molecule has 2 fully saturated rings. The van der Waals surface area contributed by atoms with E-state index in [1.54, 1.807) is 14.0 Å². The summed E-state index contributed by atoms with van der Waals surface area (Å²) in [6.07, 6.45) is -2.17. The molecule has 9 heteroatoms. The van der Waals surface area contributed by atoms with Gasteiger partial charge in [-0.1, -0.05) is 121 Å². The molecule has 6 atom stereocenters. The van der Waals surface area contributed by atoms with Crippen LogP contribution in [0.4, 0.5) is 0 Å². The number of nitrogens with one attached hydrogen (secondary N) is 1. The summed E-state index contributed by atoms with van der Waals surface area (Å²) in [5, 5.41) is 22.6. The third kappa shape index (κ3) is 10.8. The predicted molar refractivity (Wildman–Crippen MR) is 179 cm³/mol. The Morgan fingerprint density at radius 3 is 1.62 bits per heavy atom. The Morgan fingerprint density at radius 2 is 1.15 bits per heavy atom. The standard InChI is InChI=1S/C18H19NO3.C11H12O3.C9H13NO/c1-19(12-15(20)13-8-4-2-5-9-13)18(21)17-16(22-17)14-10-6-3-7-11-14;1-2-13-11(12)10-9(14-10)8-6-4-3-5-7-8;1-10-7-9(11)8-5-3-2-4-6-8/h2-11,15-17,20H,12H2,1H3;3-7,9-10H,2H2,1H3;2-6,9-11H,7H2,1H3/t15?,16-,17+;9-,10+;/m11./s1. The number of hydrogen-bond donors (Lipinski definition) is 3. The first-order valence-electron chi connectivity index (χ1n) is 15.8. The molecule has 6 rings (SSSR count). The van der Waals surface area contributed by atoms with E-state index in [9.17, 15) is 19.8 Å². The van der Waals surface area contributed by atoms with Crippen LogP contribution in [0.3, 0.4) is 0 Å². The van der Waals surface area contributed by atoms with Crippen molar-refractivity contribution in [1.29, 1.82) is 0 Å². The molecule has 2 aliphatic heterocycles. The normalized spacial score (nSPS) is 20.2. The van der Waals surface area contributed by atoms with Crippen molar-refractivity contribution in [3.63, 3.8) is 0 Å². The molecule has 2 aliphatic rings. The third-order valence-corrected chi connectivity index (χ3v) is 7.59. The highest BCUT2D eigenvalue weighted by Crippen LogP contribution is 2.40. The zero-order chi connectivity index (χ0) is 33.6. The number of esters is 1. The second-order valence-corrected chi connectivity index (χ2v) is 11.2. The molecule has 1 amide bonds. The van der Waals surface area contributed by atoms with E-state index in [2.05, 4.69) is 5.32 Å². The molecule has 2 saturated heterocycles. The first-order chi connectivity index (χ1) is 22.8. The van der Waals surface area contributed by atoms with Gasteiger partial charge in [-0.25, -0.2) is 4.79 Å². The summed E-state index contributed by atoms with van der Waals surface area (Å²) in [6, 6.07) is 38.4. The van der Waals surface area contributed by atoms with Crippen LogP contribution in [-0.2, 0) is 23.8 Å². The van der Waals surface area contributed by atoms with Gasteiger partial charge in [-0.2, -0.15) is 0 Å². The van der Waals surface area contributed by atoms with Crippen molar-refractivity contribution in [2.45, 2.75) is 43.5 Å². The summed E-state index contributed by atoms with van der Waals surface area (Å²) >= 11 is 0. The van der Waals surface area contributed by atoms with Crippen molar-refractivity contribution < 1.29 is 34.0 Å². The SMILES string of the molecule is CCOC(=O)[C@H]1O[C@@H]1c1ccccc1.CN(CC(O)c1ccccc1)C(=O)[C@H]1O[C@@H]1c1ccccc1.CNCC(O)c1ccccc1. The van der Waals surface area contributed by atoms with Crippen molar-refractivity contribution in [1.82, 2.24) is 10.2 Å². The van der Waals surface area contributed by atoms with Crippen molar-refractivity contribution in [3.05, 3.63) is 144 Å². The lowest BCUT2D eigenvalue weighted by Crippen LogP contribution is -2.34. The quantitative estimate of drug-likeness (QED) is 0.156. The van der Waals surface area contributed by atoms with Crippen molar-refractivity contribution >= 4 is 11.9 Å². The molecule has 0 bridgehead atoms. The van der Waals surface area contributed by atoms with Crippen LogP contribution in [0.25, 0.3) is 0 Å². The van der Waals surface area contributed by atoms with Crippen molar-refractivity contribution in [3.8, 4) is 0 Å². The van der Waals surface area contributed by atoms with E-state index >= 15 is 0 Å². The summed E-state index contributed by atoms with van der Waals surface area (Å²) in [7, 11) is 3.52. The number of aliphatic hydroxyl groups excluding tert-OH is 2. The second-order valence-electron chi connectivity index (χ2n) is 11.2. The molecule has 2 unspecified atom stereocenters. The highest BCUT2D eigenvalue weighted by molar-refractivity contribution is 5.84. The fourth-order valence-electron chi connectivity index (χ4n) is 4.94. The molecule has 0 aliphatic carbocycles. The lowest BCUT2D eigenvalue weighted by molar-refractivity contribution is -0.144. The molecule has 248 valence electrons. The van der Waals surface area contributed by atoms with E-state index in [1.165, 1.54) is 4.90 Å². The molecule has 0 saturated carbocycles. The van der Waals surface area contributed by atoms with Gasteiger partial charge < -0.3 is 34.6 Å². The van der Waals surface area contributed by atoms with Gasteiger partial charge in [0.05, 0.1) is 25.4 Å². The monoisotopic (exact) mass is 640 g/mol. The Bertz CT molecular complexity index is 1490. The molecule has 3 N–H and O–H groups in total. The van der Waals surface area contributed by atoms with Crippen LogP contribution >= 0.6 is 0 Å². The van der Waals surface area contributed by atoms with Crippen LogP contribution in [0.5, 0.6) is 0 Å². The number of carbonyl (C=O) groups is 2. The zero-order valence-electron chi connectivity index (χ0n) is 27.0. The molecular weight excluding hydrogens is 596 g/mol. The fourth-order valence-corrected chi connectivity index (χ4v) is 4.94. The van der Waals surface area contributed by atoms with E-state index in [-0.39, 0.29) is 36.7 Å². The highest BCUT2D eigenvalue weighted by atomic mass is 16.6. The van der Waals surface area contributed by atoms with Gasteiger partial charge in [-0.05, 0) is 36.2 Å². The highest BCUT2D eigenvalue weighted by Gasteiger charge is 2.48.